The Morgan fingerprint density at radius 2 is 0.493 bits per heavy atom. The van der Waals surface area contributed by atoms with Gasteiger partial charge in [0.25, 0.3) is 0 Å². The molecule has 0 N–H and O–H groups in total. The van der Waals surface area contributed by atoms with Crippen LogP contribution < -0.4 is 0 Å². The fraction of sp³-hybridized carbons (Fsp3) is 0.836. The molecule has 0 saturated heterocycles. The van der Waals surface area contributed by atoms with E-state index in [1.807, 2.05) is 0 Å². The molecule has 0 heterocycles. The number of carbonyl (C=O) groups excluding carboxylic acids is 3. The van der Waals surface area contributed by atoms with E-state index in [1.165, 1.54) is 225 Å². The fourth-order valence-electron chi connectivity index (χ4n) is 9.45. The molecule has 0 aromatic heterocycles. The van der Waals surface area contributed by atoms with Gasteiger partial charge in [-0.2, -0.15) is 0 Å². The van der Waals surface area contributed by atoms with Gasteiger partial charge in [-0.25, -0.2) is 0 Å². The number of esters is 3. The van der Waals surface area contributed by atoms with Crippen LogP contribution in [-0.4, -0.2) is 37.2 Å². The van der Waals surface area contributed by atoms with E-state index in [1.54, 1.807) is 0 Å². The normalized spacial score (nSPS) is 12.3. The van der Waals surface area contributed by atoms with Crippen molar-refractivity contribution in [3.8, 4) is 0 Å². The van der Waals surface area contributed by atoms with Gasteiger partial charge in [-0.05, 0) is 83.5 Å². The lowest BCUT2D eigenvalue weighted by atomic mass is 10.1. The molecule has 0 spiro atoms. The number of rotatable bonds is 59. The highest BCUT2D eigenvalue weighted by Gasteiger charge is 2.19. The molecule has 6 nitrogen and oxygen atoms in total. The Kier molecular flexibility index (Phi) is 59.7. The van der Waals surface area contributed by atoms with Gasteiger partial charge in [0.05, 0.1) is 0 Å². The van der Waals surface area contributed by atoms with Crippen molar-refractivity contribution in [3.05, 3.63) is 48.6 Å². The second-order valence-corrected chi connectivity index (χ2v) is 21.7. The minimum Gasteiger partial charge on any atom is -0.462 e. The van der Waals surface area contributed by atoms with Crippen LogP contribution in [0.15, 0.2) is 48.6 Å². The van der Waals surface area contributed by atoms with Crippen molar-refractivity contribution in [2.75, 3.05) is 13.2 Å². The van der Waals surface area contributed by atoms with Crippen LogP contribution in [0.4, 0.5) is 0 Å². The summed E-state index contributed by atoms with van der Waals surface area (Å²) in [7, 11) is 0. The summed E-state index contributed by atoms with van der Waals surface area (Å²) in [6.45, 7) is 6.66. The summed E-state index contributed by atoms with van der Waals surface area (Å²) in [6, 6.07) is 0. The van der Waals surface area contributed by atoms with Gasteiger partial charge >= 0.3 is 17.9 Å². The Balaban J connectivity index is 4.28. The zero-order valence-electron chi connectivity index (χ0n) is 48.9. The molecule has 0 aromatic carbocycles. The maximum absolute atomic E-state index is 12.9. The Morgan fingerprint density at radius 1 is 0.274 bits per heavy atom. The summed E-state index contributed by atoms with van der Waals surface area (Å²) in [4.78, 5) is 38.2. The third-order valence-corrected chi connectivity index (χ3v) is 14.3. The Labute approximate surface area is 454 Å². The Morgan fingerprint density at radius 3 is 0.781 bits per heavy atom. The van der Waals surface area contributed by atoms with Crippen LogP contribution in [0, 0.1) is 0 Å². The zero-order chi connectivity index (χ0) is 52.9. The third kappa shape index (κ3) is 60.1. The highest BCUT2D eigenvalue weighted by atomic mass is 16.6. The molecular formula is C67H122O6. The lowest BCUT2D eigenvalue weighted by Crippen LogP contribution is -2.30. The van der Waals surface area contributed by atoms with Crippen LogP contribution in [-0.2, 0) is 28.6 Å². The molecule has 426 valence electrons. The summed E-state index contributed by atoms with van der Waals surface area (Å²) < 4.78 is 16.9. The van der Waals surface area contributed by atoms with Gasteiger partial charge in [-0.1, -0.05) is 288 Å². The van der Waals surface area contributed by atoms with E-state index in [0.29, 0.717) is 19.3 Å². The summed E-state index contributed by atoms with van der Waals surface area (Å²) in [5.41, 5.74) is 0. The van der Waals surface area contributed by atoms with Crippen molar-refractivity contribution in [1.29, 1.82) is 0 Å². The molecule has 0 amide bonds. The molecule has 6 heteroatoms. The molecule has 1 atom stereocenters. The minimum atomic E-state index is -0.775. The number of carbonyl (C=O) groups is 3. The number of hydrogen-bond donors (Lipinski definition) is 0. The molecule has 0 aliphatic heterocycles. The monoisotopic (exact) mass is 1020 g/mol. The van der Waals surface area contributed by atoms with E-state index in [-0.39, 0.29) is 31.1 Å². The molecule has 0 rings (SSSR count). The first kappa shape index (κ1) is 70.4. The van der Waals surface area contributed by atoms with Crippen molar-refractivity contribution < 1.29 is 28.6 Å². The predicted molar refractivity (Wildman–Crippen MR) is 316 cm³/mol. The van der Waals surface area contributed by atoms with Crippen molar-refractivity contribution >= 4 is 17.9 Å². The van der Waals surface area contributed by atoms with Crippen molar-refractivity contribution in [2.24, 2.45) is 0 Å². The summed E-state index contributed by atoms with van der Waals surface area (Å²) in [5, 5.41) is 0. The van der Waals surface area contributed by atoms with Crippen LogP contribution in [0.5, 0.6) is 0 Å². The first-order valence-corrected chi connectivity index (χ1v) is 32.1. The average molecular weight is 1020 g/mol. The van der Waals surface area contributed by atoms with E-state index in [2.05, 4.69) is 69.4 Å². The lowest BCUT2D eigenvalue weighted by molar-refractivity contribution is -0.167. The van der Waals surface area contributed by atoms with Crippen LogP contribution in [0.25, 0.3) is 0 Å². The van der Waals surface area contributed by atoms with Gasteiger partial charge in [-0.15, -0.1) is 0 Å². The second-order valence-electron chi connectivity index (χ2n) is 21.7. The highest BCUT2D eigenvalue weighted by Crippen LogP contribution is 2.17. The van der Waals surface area contributed by atoms with Crippen molar-refractivity contribution in [1.82, 2.24) is 0 Å². The van der Waals surface area contributed by atoms with Crippen LogP contribution in [0.2, 0.25) is 0 Å². The van der Waals surface area contributed by atoms with Crippen LogP contribution >= 0.6 is 0 Å². The van der Waals surface area contributed by atoms with E-state index in [0.717, 1.165) is 77.0 Å². The van der Waals surface area contributed by atoms with Gasteiger partial charge in [0, 0.05) is 19.3 Å². The maximum Gasteiger partial charge on any atom is 0.306 e. The van der Waals surface area contributed by atoms with Gasteiger partial charge < -0.3 is 14.2 Å². The average Bonchev–Trinajstić information content (AvgIpc) is 3.39. The van der Waals surface area contributed by atoms with E-state index >= 15 is 0 Å². The number of unbranched alkanes of at least 4 members (excludes halogenated alkanes) is 40. The number of allylic oxidation sites excluding steroid dienone is 8. The first-order chi connectivity index (χ1) is 36.0. The third-order valence-electron chi connectivity index (χ3n) is 14.3. The van der Waals surface area contributed by atoms with Gasteiger partial charge in [0.15, 0.2) is 6.10 Å². The number of hydrogen-bond acceptors (Lipinski definition) is 6. The maximum atomic E-state index is 12.9. The molecule has 0 aliphatic carbocycles. The quantitative estimate of drug-likeness (QED) is 0.0261. The van der Waals surface area contributed by atoms with Crippen molar-refractivity contribution in [3.63, 3.8) is 0 Å². The highest BCUT2D eigenvalue weighted by molar-refractivity contribution is 5.71. The summed E-state index contributed by atoms with van der Waals surface area (Å²) in [6.07, 6.45) is 76.9. The molecule has 0 saturated carbocycles. The lowest BCUT2D eigenvalue weighted by Gasteiger charge is -2.18. The number of ether oxygens (including phenoxy) is 3. The molecule has 0 aromatic rings. The smallest absolute Gasteiger partial charge is 0.306 e. The SMILES string of the molecule is CCCCCCC/C=C\C/C=C\C/C=C\CCCCCCCCCCC(=O)OCC(COC(=O)CCCCCCCCCCCCC)OC(=O)CCCCCCCCCCC/C=C\CCCCCCCCCC. The topological polar surface area (TPSA) is 78.9 Å². The molecule has 0 aliphatic rings. The van der Waals surface area contributed by atoms with E-state index in [4.69, 9.17) is 14.2 Å². The van der Waals surface area contributed by atoms with Crippen LogP contribution in [0.3, 0.4) is 0 Å². The van der Waals surface area contributed by atoms with Gasteiger partial charge in [0.2, 0.25) is 0 Å². The molecule has 1 unspecified atom stereocenters. The summed E-state index contributed by atoms with van der Waals surface area (Å²) in [5.74, 6) is -0.864. The first-order valence-electron chi connectivity index (χ1n) is 32.1. The second kappa shape index (κ2) is 61.9. The molecule has 0 fully saturated rings. The largest absolute Gasteiger partial charge is 0.462 e. The van der Waals surface area contributed by atoms with Gasteiger partial charge in [0.1, 0.15) is 13.2 Å². The van der Waals surface area contributed by atoms with Gasteiger partial charge in [-0.3, -0.25) is 14.4 Å². The predicted octanol–water partition coefficient (Wildman–Crippen LogP) is 21.8. The molecular weight excluding hydrogens is 901 g/mol. The van der Waals surface area contributed by atoms with E-state index in [9.17, 15) is 14.4 Å². The van der Waals surface area contributed by atoms with Crippen LogP contribution in [0.1, 0.15) is 342 Å². The molecule has 0 bridgehead atoms. The minimum absolute atomic E-state index is 0.0729. The van der Waals surface area contributed by atoms with Crippen molar-refractivity contribution in [2.45, 2.75) is 348 Å². The zero-order valence-corrected chi connectivity index (χ0v) is 48.9. The molecule has 73 heavy (non-hydrogen) atoms. The molecule has 0 radical (unpaired) electrons. The summed E-state index contributed by atoms with van der Waals surface area (Å²) >= 11 is 0. The standard InChI is InChI=1S/C67H122O6/c1-4-7-10-13-16-19-22-24-26-28-30-32-33-35-36-38-40-42-45-48-51-54-57-60-66(69)72-63-64(62-71-65(68)59-56-53-50-47-44-21-18-15-12-9-6-3)73-67(70)61-58-55-52-49-46-43-41-39-37-34-31-29-27-25-23-20-17-14-11-8-5-2/h22,24,28-31,33,35,64H,4-21,23,25-27,32,34,36-63H2,1-3H3/b24-22-,30-28-,31-29-,35-33-. The Hall–Kier alpha value is -2.63. The Bertz CT molecular complexity index is 1270. The van der Waals surface area contributed by atoms with E-state index < -0.39 is 6.10 Å². The fourth-order valence-corrected chi connectivity index (χ4v) is 9.45.